The van der Waals surface area contributed by atoms with E-state index in [1.54, 1.807) is 0 Å². The molecule has 0 fully saturated rings. The van der Waals surface area contributed by atoms with Gasteiger partial charge in [0.05, 0.1) is 0 Å². The van der Waals surface area contributed by atoms with Crippen molar-refractivity contribution >= 4 is 0 Å². The Morgan fingerprint density at radius 2 is 1.73 bits per heavy atom. The van der Waals surface area contributed by atoms with Crippen LogP contribution < -0.4 is 0 Å². The number of benzene rings is 1. The first kappa shape index (κ1) is 9.70. The van der Waals surface area contributed by atoms with Gasteiger partial charge in [-0.05, 0) is 17.7 Å². The number of nitriles is 1. The lowest BCUT2D eigenvalue weighted by Gasteiger charge is -2.18. The number of hydrogen-bond donors (Lipinski definition) is 1. The van der Waals surface area contributed by atoms with Gasteiger partial charge in [0.25, 0.3) is 0 Å². The average Bonchev–Trinajstić information content (AvgIpc) is 2.31. The largest absolute Gasteiger partial charge is 0.369 e. The molecule has 15 heavy (non-hydrogen) atoms. The summed E-state index contributed by atoms with van der Waals surface area (Å²) in [5.74, 6) is 0.153. The van der Waals surface area contributed by atoms with E-state index in [1.807, 2.05) is 48.6 Å². The molecule has 1 aliphatic rings. The van der Waals surface area contributed by atoms with Crippen molar-refractivity contribution in [2.75, 3.05) is 0 Å². The zero-order valence-corrected chi connectivity index (χ0v) is 8.17. The zero-order valence-electron chi connectivity index (χ0n) is 8.17. The summed E-state index contributed by atoms with van der Waals surface area (Å²) < 4.78 is 0. The molecule has 1 aliphatic carbocycles. The predicted octanol–water partition coefficient (Wildman–Crippen LogP) is 2.15. The highest BCUT2D eigenvalue weighted by Gasteiger charge is 2.23. The second-order valence-electron chi connectivity index (χ2n) is 3.59. The molecule has 0 radical (unpaired) electrons. The lowest BCUT2D eigenvalue weighted by atomic mass is 9.89. The second-order valence-corrected chi connectivity index (χ2v) is 3.59. The predicted molar refractivity (Wildman–Crippen MR) is 58.0 cm³/mol. The molecule has 2 nitrogen and oxygen atoms in total. The van der Waals surface area contributed by atoms with Crippen LogP contribution in [0.2, 0.25) is 0 Å². The van der Waals surface area contributed by atoms with E-state index in [4.69, 9.17) is 5.26 Å². The molecule has 0 saturated heterocycles. The average molecular weight is 197 g/mol. The fourth-order valence-electron chi connectivity index (χ4n) is 1.59. The van der Waals surface area contributed by atoms with Crippen LogP contribution in [-0.4, -0.2) is 10.7 Å². The van der Waals surface area contributed by atoms with Gasteiger partial charge >= 0.3 is 0 Å². The molecule has 2 rings (SSSR count). The Morgan fingerprint density at radius 1 is 1.13 bits per heavy atom. The third-order valence-corrected chi connectivity index (χ3v) is 2.48. The third-order valence-electron chi connectivity index (χ3n) is 2.48. The summed E-state index contributed by atoms with van der Waals surface area (Å²) in [6.07, 6.45) is 6.76. The summed E-state index contributed by atoms with van der Waals surface area (Å²) in [5.41, 5.74) is -0.268. The van der Waals surface area contributed by atoms with Gasteiger partial charge in [-0.3, -0.25) is 0 Å². The summed E-state index contributed by atoms with van der Waals surface area (Å²) in [7, 11) is 0. The zero-order chi connectivity index (χ0) is 10.7. The van der Waals surface area contributed by atoms with Crippen molar-refractivity contribution in [1.29, 1.82) is 5.26 Å². The molecule has 0 saturated carbocycles. The minimum absolute atomic E-state index is 0.153. The summed E-state index contributed by atoms with van der Waals surface area (Å²) >= 11 is 0. The Balaban J connectivity index is 2.23. The molecule has 2 heteroatoms. The van der Waals surface area contributed by atoms with E-state index in [2.05, 4.69) is 0 Å². The lowest BCUT2D eigenvalue weighted by Crippen LogP contribution is -2.22. The number of rotatable bonds is 1. The standard InChI is InChI=1S/C13H11NO/c14-10-13(15)8-6-12(7-9-13)11-4-2-1-3-5-11/h1-9,12,15H. The normalized spacial score (nSPS) is 28.7. The molecule has 1 aromatic carbocycles. The number of hydrogen-bond acceptors (Lipinski definition) is 2. The van der Waals surface area contributed by atoms with Gasteiger partial charge in [-0.1, -0.05) is 42.5 Å². The Hall–Kier alpha value is -1.85. The highest BCUT2D eigenvalue weighted by molar-refractivity contribution is 5.38. The molecule has 1 aromatic rings. The molecular weight excluding hydrogens is 186 g/mol. The number of nitrogens with zero attached hydrogens (tertiary/aromatic N) is 1. The van der Waals surface area contributed by atoms with Crippen LogP contribution in [-0.2, 0) is 0 Å². The van der Waals surface area contributed by atoms with Crippen molar-refractivity contribution in [3.8, 4) is 6.07 Å². The first-order valence-corrected chi connectivity index (χ1v) is 4.81. The fraction of sp³-hybridized carbons (Fsp3) is 0.154. The molecule has 0 heterocycles. The van der Waals surface area contributed by atoms with Crippen molar-refractivity contribution in [2.45, 2.75) is 11.5 Å². The van der Waals surface area contributed by atoms with Crippen LogP contribution in [0.15, 0.2) is 54.6 Å². The highest BCUT2D eigenvalue weighted by Crippen LogP contribution is 2.25. The summed E-state index contributed by atoms with van der Waals surface area (Å²) in [4.78, 5) is 0. The Morgan fingerprint density at radius 3 is 2.27 bits per heavy atom. The molecular formula is C13H11NO. The van der Waals surface area contributed by atoms with Crippen molar-refractivity contribution < 1.29 is 5.11 Å². The van der Waals surface area contributed by atoms with Crippen molar-refractivity contribution in [2.24, 2.45) is 0 Å². The Kier molecular flexibility index (Phi) is 2.40. The van der Waals surface area contributed by atoms with E-state index in [1.165, 1.54) is 12.2 Å². The lowest BCUT2D eigenvalue weighted by molar-refractivity contribution is 0.199. The smallest absolute Gasteiger partial charge is 0.188 e. The molecule has 0 unspecified atom stereocenters. The first-order chi connectivity index (χ1) is 7.23. The van der Waals surface area contributed by atoms with Gasteiger partial charge in [-0.15, -0.1) is 0 Å². The van der Waals surface area contributed by atoms with Gasteiger partial charge in [0.2, 0.25) is 0 Å². The van der Waals surface area contributed by atoms with Crippen molar-refractivity contribution in [3.63, 3.8) is 0 Å². The number of aliphatic hydroxyl groups is 1. The monoisotopic (exact) mass is 197 g/mol. The van der Waals surface area contributed by atoms with Crippen LogP contribution >= 0.6 is 0 Å². The third kappa shape index (κ3) is 1.98. The highest BCUT2D eigenvalue weighted by atomic mass is 16.3. The van der Waals surface area contributed by atoms with Gasteiger partial charge in [-0.2, -0.15) is 5.26 Å². The maximum absolute atomic E-state index is 9.61. The maximum atomic E-state index is 9.61. The van der Waals surface area contributed by atoms with E-state index in [0.29, 0.717) is 0 Å². The Bertz CT molecular complexity index is 425. The molecule has 0 spiro atoms. The quantitative estimate of drug-likeness (QED) is 0.553. The van der Waals surface area contributed by atoms with Gasteiger partial charge in [-0.25, -0.2) is 0 Å². The van der Waals surface area contributed by atoms with Crippen LogP contribution in [0.5, 0.6) is 0 Å². The van der Waals surface area contributed by atoms with E-state index in [-0.39, 0.29) is 5.92 Å². The van der Waals surface area contributed by atoms with Gasteiger partial charge < -0.3 is 5.11 Å². The first-order valence-electron chi connectivity index (χ1n) is 4.81. The molecule has 0 aromatic heterocycles. The second kappa shape index (κ2) is 3.72. The fourth-order valence-corrected chi connectivity index (χ4v) is 1.59. The molecule has 74 valence electrons. The van der Waals surface area contributed by atoms with Crippen molar-refractivity contribution in [3.05, 3.63) is 60.2 Å². The molecule has 1 N–H and O–H groups in total. The van der Waals surface area contributed by atoms with E-state index >= 15 is 0 Å². The van der Waals surface area contributed by atoms with E-state index in [0.717, 1.165) is 5.56 Å². The molecule has 0 bridgehead atoms. The molecule has 0 aliphatic heterocycles. The van der Waals surface area contributed by atoms with Gasteiger partial charge in [0, 0.05) is 5.92 Å². The van der Waals surface area contributed by atoms with E-state index in [9.17, 15) is 5.11 Å². The minimum Gasteiger partial charge on any atom is -0.369 e. The molecule has 0 atom stereocenters. The summed E-state index contributed by atoms with van der Waals surface area (Å²) in [6, 6.07) is 11.8. The topological polar surface area (TPSA) is 44.0 Å². The van der Waals surface area contributed by atoms with Gasteiger partial charge in [0.1, 0.15) is 6.07 Å². The summed E-state index contributed by atoms with van der Waals surface area (Å²) in [6.45, 7) is 0. The SMILES string of the molecule is N#CC1(O)C=CC(c2ccccc2)C=C1. The maximum Gasteiger partial charge on any atom is 0.188 e. The summed E-state index contributed by atoms with van der Waals surface area (Å²) in [5, 5.41) is 18.3. The Labute approximate surface area is 88.8 Å². The van der Waals surface area contributed by atoms with Gasteiger partial charge in [0.15, 0.2) is 5.60 Å². The van der Waals surface area contributed by atoms with Crippen molar-refractivity contribution in [1.82, 2.24) is 0 Å². The van der Waals surface area contributed by atoms with Crippen LogP contribution in [0.25, 0.3) is 0 Å². The van der Waals surface area contributed by atoms with Crippen LogP contribution in [0.1, 0.15) is 11.5 Å². The minimum atomic E-state index is -1.43. The van der Waals surface area contributed by atoms with Crippen LogP contribution in [0.3, 0.4) is 0 Å². The van der Waals surface area contributed by atoms with Crippen LogP contribution in [0, 0.1) is 11.3 Å². The van der Waals surface area contributed by atoms with Crippen LogP contribution in [0.4, 0.5) is 0 Å². The van der Waals surface area contributed by atoms with E-state index < -0.39 is 5.60 Å². The number of allylic oxidation sites excluding steroid dienone is 2. The molecule has 0 amide bonds.